The molecule has 4 heteroatoms. The Morgan fingerprint density at radius 3 is 2.85 bits per heavy atom. The summed E-state index contributed by atoms with van der Waals surface area (Å²) in [6.07, 6.45) is 5.51. The van der Waals surface area contributed by atoms with Gasteiger partial charge in [0.15, 0.2) is 0 Å². The first-order valence-corrected chi connectivity index (χ1v) is 8.22. The van der Waals surface area contributed by atoms with Crippen molar-refractivity contribution in [3.8, 4) is 5.88 Å². The van der Waals surface area contributed by atoms with Gasteiger partial charge in [-0.25, -0.2) is 4.98 Å². The Balaban J connectivity index is 2.17. The molecule has 2 rings (SSSR count). The Labute approximate surface area is 129 Å². The van der Waals surface area contributed by atoms with Crippen molar-refractivity contribution in [1.29, 1.82) is 0 Å². The van der Waals surface area contributed by atoms with Gasteiger partial charge in [-0.2, -0.15) is 0 Å². The molecule has 0 radical (unpaired) electrons. The maximum atomic E-state index is 9.46. The molecule has 0 spiro atoms. The lowest BCUT2D eigenvalue weighted by Gasteiger charge is -2.37. The van der Waals surface area contributed by atoms with E-state index in [4.69, 9.17) is 4.74 Å². The van der Waals surface area contributed by atoms with Crippen molar-refractivity contribution in [2.24, 2.45) is 17.8 Å². The summed E-state index contributed by atoms with van der Waals surface area (Å²) < 4.78 is 7.05. The van der Waals surface area contributed by atoms with Gasteiger partial charge in [0.25, 0.3) is 0 Å². The average molecular weight is 342 g/mol. The molecule has 3 unspecified atom stereocenters. The lowest BCUT2D eigenvalue weighted by molar-refractivity contribution is 0.0408. The van der Waals surface area contributed by atoms with Gasteiger partial charge in [-0.05, 0) is 52.6 Å². The molecule has 1 aromatic heterocycles. The highest BCUT2D eigenvalue weighted by Gasteiger charge is 2.32. The highest BCUT2D eigenvalue weighted by atomic mass is 79.9. The van der Waals surface area contributed by atoms with Gasteiger partial charge in [0.05, 0.1) is 6.61 Å². The average Bonchev–Trinajstić information content (AvgIpc) is 2.40. The Morgan fingerprint density at radius 2 is 2.20 bits per heavy atom. The summed E-state index contributed by atoms with van der Waals surface area (Å²) in [5.74, 6) is 2.46. The van der Waals surface area contributed by atoms with E-state index in [-0.39, 0.29) is 12.7 Å². The fourth-order valence-corrected chi connectivity index (χ4v) is 3.46. The number of aromatic nitrogens is 1. The fraction of sp³-hybridized carbons (Fsp3) is 0.688. The first-order valence-electron chi connectivity index (χ1n) is 7.43. The molecule has 1 saturated carbocycles. The molecule has 0 amide bonds. The molecule has 0 bridgehead atoms. The van der Waals surface area contributed by atoms with Crippen LogP contribution in [0.25, 0.3) is 0 Å². The van der Waals surface area contributed by atoms with Gasteiger partial charge < -0.3 is 9.84 Å². The summed E-state index contributed by atoms with van der Waals surface area (Å²) in [5.41, 5.74) is 0.750. The molecule has 0 aliphatic heterocycles. The quantitative estimate of drug-likeness (QED) is 0.893. The van der Waals surface area contributed by atoms with Crippen LogP contribution in [0.2, 0.25) is 0 Å². The molecule has 1 aliphatic rings. The van der Waals surface area contributed by atoms with Crippen LogP contribution in [0.4, 0.5) is 0 Å². The van der Waals surface area contributed by atoms with Gasteiger partial charge >= 0.3 is 0 Å². The Morgan fingerprint density at radius 1 is 1.45 bits per heavy atom. The minimum Gasteiger partial charge on any atom is -0.474 e. The van der Waals surface area contributed by atoms with Crippen molar-refractivity contribution in [3.63, 3.8) is 0 Å². The summed E-state index contributed by atoms with van der Waals surface area (Å²) in [4.78, 5) is 4.33. The van der Waals surface area contributed by atoms with E-state index >= 15 is 0 Å². The van der Waals surface area contributed by atoms with E-state index in [1.54, 1.807) is 6.20 Å². The molecule has 1 aliphatic carbocycles. The third kappa shape index (κ3) is 3.73. The van der Waals surface area contributed by atoms with Crippen LogP contribution < -0.4 is 4.74 Å². The molecule has 1 N–H and O–H groups in total. The van der Waals surface area contributed by atoms with Gasteiger partial charge in [0.1, 0.15) is 6.10 Å². The summed E-state index contributed by atoms with van der Waals surface area (Å²) >= 11 is 3.38. The lowest BCUT2D eigenvalue weighted by atomic mass is 9.75. The monoisotopic (exact) mass is 341 g/mol. The Kier molecular flexibility index (Phi) is 5.44. The summed E-state index contributed by atoms with van der Waals surface area (Å²) in [6.45, 7) is 6.77. The first kappa shape index (κ1) is 15.8. The first-order chi connectivity index (χ1) is 9.51. The molecule has 112 valence electrons. The van der Waals surface area contributed by atoms with Gasteiger partial charge in [0.2, 0.25) is 5.88 Å². The van der Waals surface area contributed by atoms with Gasteiger partial charge in [0, 0.05) is 16.2 Å². The van der Waals surface area contributed by atoms with E-state index in [9.17, 15) is 5.11 Å². The van der Waals surface area contributed by atoms with Crippen molar-refractivity contribution in [3.05, 3.63) is 22.3 Å². The van der Waals surface area contributed by atoms with Crippen molar-refractivity contribution in [1.82, 2.24) is 4.98 Å². The van der Waals surface area contributed by atoms with Crippen LogP contribution in [0.5, 0.6) is 5.88 Å². The van der Waals surface area contributed by atoms with Crippen molar-refractivity contribution in [2.75, 3.05) is 0 Å². The molecule has 0 aromatic carbocycles. The number of aliphatic hydroxyl groups excluding tert-OH is 1. The van der Waals surface area contributed by atoms with Crippen LogP contribution >= 0.6 is 15.9 Å². The second-order valence-electron chi connectivity index (χ2n) is 6.26. The number of hydrogen-bond acceptors (Lipinski definition) is 3. The zero-order valence-corrected chi connectivity index (χ0v) is 14.1. The van der Waals surface area contributed by atoms with Crippen LogP contribution in [-0.4, -0.2) is 16.2 Å². The fourth-order valence-electron chi connectivity index (χ4n) is 3.08. The highest BCUT2D eigenvalue weighted by molar-refractivity contribution is 9.10. The Bertz CT molecular complexity index is 450. The number of hydrogen-bond donors (Lipinski definition) is 1. The van der Waals surface area contributed by atoms with Gasteiger partial charge in [-0.15, -0.1) is 0 Å². The van der Waals surface area contributed by atoms with Crippen molar-refractivity contribution in [2.45, 2.75) is 52.7 Å². The minimum absolute atomic E-state index is 0.0452. The third-order valence-corrected chi connectivity index (χ3v) is 4.72. The summed E-state index contributed by atoms with van der Waals surface area (Å²) in [6, 6.07) is 1.87. The molecule has 3 nitrogen and oxygen atoms in total. The van der Waals surface area contributed by atoms with E-state index in [0.717, 1.165) is 16.5 Å². The van der Waals surface area contributed by atoms with E-state index in [1.165, 1.54) is 12.8 Å². The smallest absolute Gasteiger partial charge is 0.219 e. The van der Waals surface area contributed by atoms with Gasteiger partial charge in [-0.1, -0.05) is 27.2 Å². The van der Waals surface area contributed by atoms with Crippen LogP contribution in [0.1, 0.15) is 45.6 Å². The number of ether oxygens (including phenoxy) is 1. The second kappa shape index (κ2) is 6.90. The van der Waals surface area contributed by atoms with Crippen LogP contribution in [-0.2, 0) is 6.61 Å². The van der Waals surface area contributed by atoms with Crippen LogP contribution in [0, 0.1) is 17.8 Å². The Hall–Kier alpha value is -0.610. The zero-order valence-electron chi connectivity index (χ0n) is 12.5. The van der Waals surface area contributed by atoms with Crippen LogP contribution in [0.15, 0.2) is 16.7 Å². The molecule has 20 heavy (non-hydrogen) atoms. The lowest BCUT2D eigenvalue weighted by Crippen LogP contribution is -2.36. The number of pyridine rings is 1. The van der Waals surface area contributed by atoms with E-state index in [1.807, 2.05) is 6.07 Å². The molecule has 3 atom stereocenters. The summed E-state index contributed by atoms with van der Waals surface area (Å²) in [5, 5.41) is 9.46. The van der Waals surface area contributed by atoms with E-state index in [0.29, 0.717) is 23.6 Å². The molecule has 1 heterocycles. The topological polar surface area (TPSA) is 42.4 Å². The second-order valence-corrected chi connectivity index (χ2v) is 7.17. The normalized spacial score (nSPS) is 26.8. The van der Waals surface area contributed by atoms with Crippen LogP contribution in [0.3, 0.4) is 0 Å². The molecule has 1 aromatic rings. The number of nitrogens with zero attached hydrogens (tertiary/aromatic N) is 1. The third-order valence-electron chi connectivity index (χ3n) is 4.29. The predicted octanol–water partition coefficient (Wildman–Crippen LogP) is 4.18. The number of rotatable bonds is 4. The number of halogens is 1. The molecular weight excluding hydrogens is 318 g/mol. The standard InChI is InChI=1S/C16H24BrNO2/c1-10(2)14-5-4-11(3)6-15(14)20-16-12(9-19)7-13(17)8-18-16/h7-8,10-11,14-15,19H,4-6,9H2,1-3H3. The minimum atomic E-state index is -0.0452. The SMILES string of the molecule is CC1CCC(C(C)C)C(Oc2ncc(Br)cc2CO)C1. The van der Waals surface area contributed by atoms with Crippen molar-refractivity contribution >= 4 is 15.9 Å². The van der Waals surface area contributed by atoms with Gasteiger partial charge in [-0.3, -0.25) is 0 Å². The predicted molar refractivity (Wildman–Crippen MR) is 83.6 cm³/mol. The van der Waals surface area contributed by atoms with E-state index < -0.39 is 0 Å². The van der Waals surface area contributed by atoms with Crippen molar-refractivity contribution < 1.29 is 9.84 Å². The van der Waals surface area contributed by atoms with E-state index in [2.05, 4.69) is 41.7 Å². The molecule has 0 saturated heterocycles. The molecule has 1 fully saturated rings. The maximum absolute atomic E-state index is 9.46. The number of aliphatic hydroxyl groups is 1. The molecular formula is C16H24BrNO2. The maximum Gasteiger partial charge on any atom is 0.219 e. The largest absolute Gasteiger partial charge is 0.474 e. The zero-order chi connectivity index (χ0) is 14.7. The highest BCUT2D eigenvalue weighted by Crippen LogP contribution is 2.36. The summed E-state index contributed by atoms with van der Waals surface area (Å²) in [7, 11) is 0.